The van der Waals surface area contributed by atoms with Crippen molar-refractivity contribution in [2.75, 3.05) is 52.9 Å². The van der Waals surface area contributed by atoms with E-state index in [-0.39, 0.29) is 0 Å². The molecule has 0 bridgehead atoms. The Balaban J connectivity index is 1.09. The lowest BCUT2D eigenvalue weighted by molar-refractivity contribution is -0.393. The third kappa shape index (κ3) is 17.0. The van der Waals surface area contributed by atoms with Gasteiger partial charge in [-0.2, -0.15) is 0 Å². The van der Waals surface area contributed by atoms with Crippen molar-refractivity contribution in [2.24, 2.45) is 0 Å². The maximum Gasteiger partial charge on any atom is 0.217 e. The summed E-state index contributed by atoms with van der Waals surface area (Å²) in [6.45, 7) is -6.15. The van der Waals surface area contributed by atoms with Crippen LogP contribution in [0.3, 0.4) is 0 Å². The Bertz CT molecular complexity index is 2380. The van der Waals surface area contributed by atoms with Crippen molar-refractivity contribution in [1.82, 2.24) is 10.6 Å². The molecule has 8 rings (SSSR count). The molecule has 8 fully saturated rings. The molecule has 43 heteroatoms. The summed E-state index contributed by atoms with van der Waals surface area (Å²) >= 11 is 0. The number of carbonyl (C=O) groups excluding carboxylic acids is 2. The number of aliphatic hydroxyl groups is 24. The maximum absolute atomic E-state index is 12.8. The van der Waals surface area contributed by atoms with Gasteiger partial charge in [0.15, 0.2) is 50.3 Å². The molecule has 8 aliphatic rings. The van der Waals surface area contributed by atoms with E-state index in [0.29, 0.717) is 0 Å². The zero-order valence-corrected chi connectivity index (χ0v) is 50.4. The number of amides is 2. The van der Waals surface area contributed by atoms with Crippen LogP contribution in [-0.4, -0.2) is 433 Å². The molecule has 40 atom stereocenters. The number of nitrogens with one attached hydrogen (secondary N) is 2. The van der Waals surface area contributed by atoms with E-state index >= 15 is 0 Å². The molecule has 552 valence electrons. The van der Waals surface area contributed by atoms with Gasteiger partial charge in [-0.05, 0) is 0 Å². The second-order valence-electron chi connectivity index (χ2n) is 23.9. The average molecular weight is 1400 g/mol. The number of carbonyl (C=O) groups is 2. The Morgan fingerprint density at radius 2 is 0.547 bits per heavy atom. The van der Waals surface area contributed by atoms with E-state index in [1.165, 1.54) is 0 Å². The molecular weight excluding hydrogens is 1310 g/mol. The quantitative estimate of drug-likeness (QED) is 0.0427. The predicted molar refractivity (Wildman–Crippen MR) is 288 cm³/mol. The second-order valence-corrected chi connectivity index (χ2v) is 23.9. The van der Waals surface area contributed by atoms with Crippen LogP contribution in [0.2, 0.25) is 0 Å². The van der Waals surface area contributed by atoms with Gasteiger partial charge in [0.2, 0.25) is 11.8 Å². The smallest absolute Gasteiger partial charge is 0.217 e. The molecule has 2 amide bonds. The van der Waals surface area contributed by atoms with Gasteiger partial charge in [0, 0.05) is 13.8 Å². The summed E-state index contributed by atoms with van der Waals surface area (Å²) in [7, 11) is 0. The monoisotopic (exact) mass is 1400 g/mol. The van der Waals surface area contributed by atoms with Gasteiger partial charge in [-0.25, -0.2) is 0 Å². The van der Waals surface area contributed by atoms with Gasteiger partial charge >= 0.3 is 0 Å². The first-order chi connectivity index (χ1) is 44.9. The van der Waals surface area contributed by atoms with Crippen LogP contribution in [0.4, 0.5) is 0 Å². The highest BCUT2D eigenvalue weighted by atomic mass is 16.8. The molecule has 8 aliphatic heterocycles. The predicted octanol–water partition coefficient (Wildman–Crippen LogP) is -18.2. The summed E-state index contributed by atoms with van der Waals surface area (Å²) in [4.78, 5) is 24.8. The number of hydrogen-bond acceptors (Lipinski definition) is 41. The third-order valence-corrected chi connectivity index (χ3v) is 17.4. The van der Waals surface area contributed by atoms with Crippen molar-refractivity contribution < 1.29 is 203 Å². The summed E-state index contributed by atoms with van der Waals surface area (Å²) < 4.78 is 86.1. The fourth-order valence-corrected chi connectivity index (χ4v) is 12.1. The maximum atomic E-state index is 12.8. The van der Waals surface area contributed by atoms with Crippen molar-refractivity contribution in [2.45, 2.75) is 259 Å². The average Bonchev–Trinajstić information content (AvgIpc) is 0.782. The normalized spacial score (nSPS) is 50.8. The fourth-order valence-electron chi connectivity index (χ4n) is 12.1. The molecule has 95 heavy (non-hydrogen) atoms. The van der Waals surface area contributed by atoms with Gasteiger partial charge in [0.25, 0.3) is 0 Å². The van der Waals surface area contributed by atoms with E-state index in [1.807, 2.05) is 0 Å². The van der Waals surface area contributed by atoms with Gasteiger partial charge in [-0.1, -0.05) is 0 Å². The summed E-state index contributed by atoms with van der Waals surface area (Å²) in [5.74, 6) is -1.67. The Morgan fingerprint density at radius 3 is 0.968 bits per heavy atom. The zero-order chi connectivity index (χ0) is 69.9. The SMILES string of the molecule is CC(=O)N[C@@H]1[C@@H](O)[C@H](O[C@@H]2O[C@H](CO)[C@@H](O[C@@H]3O[C@H](CO[C@@H]4O[C@H](CO[C@@H]5O[C@H](CO)[C@@H](O)[C@H](O)[C@@H]5O)[C@@H](O)[C@H](O[C@@H]5O[C@H](CO)[C@@H](O)[C@H](O)[C@@H]5O)[C@@H]4O)[C@@H](O)[C@H](O[C@@H]4O[C@H](CO)[C@@H](O[C@@H]5O[C@H](CO)[C@@H](O)[C@H](O)[C@@H]5O)[C@H](O)[C@@H]4O)[C@@H]3O)[C@H](O)[C@H]2NC(C)=O)[C@@H](CO)O[C@H]1O. The molecule has 8 saturated heterocycles. The Morgan fingerprint density at radius 1 is 0.274 bits per heavy atom. The molecular formula is C52H88N2O41. The Hall–Kier alpha value is -2.62. The minimum absolute atomic E-state index is 0.762. The fraction of sp³-hybridized carbons (Fsp3) is 0.962. The van der Waals surface area contributed by atoms with Crippen LogP contribution in [0.5, 0.6) is 0 Å². The van der Waals surface area contributed by atoms with Crippen molar-refractivity contribution >= 4 is 11.8 Å². The topological polar surface area (TPSA) is 682 Å². The van der Waals surface area contributed by atoms with Gasteiger partial charge < -0.3 is 204 Å². The highest BCUT2D eigenvalue weighted by molar-refractivity contribution is 5.73. The van der Waals surface area contributed by atoms with E-state index in [1.54, 1.807) is 0 Å². The number of ether oxygens (including phenoxy) is 15. The minimum Gasteiger partial charge on any atom is -0.394 e. The molecule has 26 N–H and O–H groups in total. The molecule has 8 heterocycles. The lowest BCUT2D eigenvalue weighted by Crippen LogP contribution is -2.70. The number of hydrogen-bond donors (Lipinski definition) is 26. The van der Waals surface area contributed by atoms with E-state index in [2.05, 4.69) is 10.6 Å². The number of aliphatic hydroxyl groups excluding tert-OH is 24. The molecule has 0 spiro atoms. The zero-order valence-electron chi connectivity index (χ0n) is 50.4. The summed E-state index contributed by atoms with van der Waals surface area (Å²) in [5, 5.41) is 265. The Labute approximate surface area is 536 Å². The molecule has 0 aromatic carbocycles. The lowest BCUT2D eigenvalue weighted by atomic mass is 9.94. The first-order valence-electron chi connectivity index (χ1n) is 30.1. The van der Waals surface area contributed by atoms with Crippen molar-refractivity contribution in [1.29, 1.82) is 0 Å². The van der Waals surface area contributed by atoms with Crippen LogP contribution in [0.15, 0.2) is 0 Å². The van der Waals surface area contributed by atoms with Crippen LogP contribution in [0.1, 0.15) is 13.8 Å². The first-order valence-corrected chi connectivity index (χ1v) is 30.1. The van der Waals surface area contributed by atoms with Crippen molar-refractivity contribution in [3.63, 3.8) is 0 Å². The lowest BCUT2D eigenvalue weighted by Gasteiger charge is -2.50. The molecule has 0 aromatic heterocycles. The van der Waals surface area contributed by atoms with Crippen LogP contribution in [-0.2, 0) is 80.6 Å². The van der Waals surface area contributed by atoms with Crippen LogP contribution in [0, 0.1) is 0 Å². The molecule has 0 radical (unpaired) electrons. The molecule has 0 unspecified atom stereocenters. The number of rotatable bonds is 24. The third-order valence-electron chi connectivity index (χ3n) is 17.4. The molecule has 0 aromatic rings. The largest absolute Gasteiger partial charge is 0.394 e. The summed E-state index contributed by atoms with van der Waals surface area (Å²) in [5.41, 5.74) is 0. The second kappa shape index (κ2) is 33.9. The molecule has 0 aliphatic carbocycles. The molecule has 0 saturated carbocycles. The summed E-state index contributed by atoms with van der Waals surface area (Å²) in [6.07, 6.45) is -76.9. The van der Waals surface area contributed by atoms with Crippen molar-refractivity contribution in [3.05, 3.63) is 0 Å². The van der Waals surface area contributed by atoms with E-state index in [9.17, 15) is 132 Å². The van der Waals surface area contributed by atoms with Crippen molar-refractivity contribution in [3.8, 4) is 0 Å². The highest BCUT2D eigenvalue weighted by Crippen LogP contribution is 2.38. The van der Waals surface area contributed by atoms with E-state index in [4.69, 9.17) is 71.1 Å². The minimum atomic E-state index is -2.45. The summed E-state index contributed by atoms with van der Waals surface area (Å²) in [6, 6.07) is -3.46. The first kappa shape index (κ1) is 78.1. The van der Waals surface area contributed by atoms with Gasteiger partial charge in [0.05, 0.1) is 52.9 Å². The van der Waals surface area contributed by atoms with Crippen LogP contribution < -0.4 is 10.6 Å². The highest BCUT2D eigenvalue weighted by Gasteiger charge is 2.59. The van der Waals surface area contributed by atoms with E-state index < -0.39 is 310 Å². The van der Waals surface area contributed by atoms with Gasteiger partial charge in [-0.3, -0.25) is 9.59 Å². The van der Waals surface area contributed by atoms with Crippen LogP contribution >= 0.6 is 0 Å². The van der Waals surface area contributed by atoms with Gasteiger partial charge in [0.1, 0.15) is 195 Å². The Kier molecular flexibility index (Phi) is 27.9. The van der Waals surface area contributed by atoms with Crippen LogP contribution in [0.25, 0.3) is 0 Å². The van der Waals surface area contributed by atoms with E-state index in [0.717, 1.165) is 13.8 Å². The standard InChI is InChI=1S/C52H88N2O41/c1-11(61)53-21-28(68)40(16(6-58)83-45(21)80)91-46-22(54-12(2)62)29(69)41(17(7-59)87-46)92-52-39(79)44(95-51-37(77)33(73)42(18(8-60)88-51)93-49-35(75)31(71)24(64)14(4-56)85-49)27(67)20(90-52)10-82-48-38(78)43(94-50-36(76)32(72)25(65)15(5-57)86-50)26(66)19(89-48)9-81-47-34(74)30(70)23(63)13(3-55)84-47/h13-52,55-60,63-80H,3-10H2,1-2H3,(H,53,61)(H,54,62)/t13-,14-,15-,16-,17-,18-,19-,20-,21-,22-,23-,24-,25-,26-,27-,28-,29-,30+,31+,32+,33-,34+,35+,36+,37+,38+,39+,40-,41-,42-,43+,44+,45-,46+,47-,48-,49+,50+,51+,52+/m1/s1. The van der Waals surface area contributed by atoms with Gasteiger partial charge in [-0.15, -0.1) is 0 Å². The molecule has 43 nitrogen and oxygen atoms in total.